The number of carbonyl (C=O) groups excluding carboxylic acids is 2. The highest BCUT2D eigenvalue weighted by atomic mass is 16.2. The summed E-state index contributed by atoms with van der Waals surface area (Å²) in [6, 6.07) is 19.9. The van der Waals surface area contributed by atoms with E-state index in [-0.39, 0.29) is 23.5 Å². The number of carbonyl (C=O) groups is 2. The number of hydrogen-bond acceptors (Lipinski definition) is 3. The number of Topliss-reactive ketones (excluding diaryl/α,β-unsaturated/α-hetero) is 1. The highest BCUT2D eigenvalue weighted by Crippen LogP contribution is 2.33. The first kappa shape index (κ1) is 24.6. The standard InChI is InChI=1S/C27H38N2O2/c1-20(2)19-24(26(31)29-28-22-16-10-7-11-17-22)23(25(30)27(3,4)5)18-12-15-21-13-8-6-9-14-21/h6-11,13-14,16-17,20,23-24,28H,12,15,18-19H2,1-5H3,(H,29,31)/t23-,24+/m0/s1. The molecule has 1 amide bonds. The van der Waals surface area contributed by atoms with Gasteiger partial charge in [0.05, 0.1) is 5.69 Å². The average Bonchev–Trinajstić information content (AvgIpc) is 2.74. The van der Waals surface area contributed by atoms with Crippen LogP contribution in [0.1, 0.15) is 59.4 Å². The van der Waals surface area contributed by atoms with Crippen LogP contribution in [0.15, 0.2) is 60.7 Å². The van der Waals surface area contributed by atoms with Crippen LogP contribution in [0.2, 0.25) is 0 Å². The maximum absolute atomic E-state index is 13.4. The molecule has 0 fully saturated rings. The van der Waals surface area contributed by atoms with Crippen LogP contribution in [0.5, 0.6) is 0 Å². The van der Waals surface area contributed by atoms with Crippen molar-refractivity contribution in [2.24, 2.45) is 23.2 Å². The summed E-state index contributed by atoms with van der Waals surface area (Å²) < 4.78 is 0. The van der Waals surface area contributed by atoms with E-state index < -0.39 is 5.41 Å². The minimum absolute atomic E-state index is 0.111. The van der Waals surface area contributed by atoms with Gasteiger partial charge in [0, 0.05) is 17.3 Å². The minimum atomic E-state index is -0.486. The quantitative estimate of drug-likeness (QED) is 0.434. The van der Waals surface area contributed by atoms with Crippen molar-refractivity contribution in [2.45, 2.75) is 60.3 Å². The van der Waals surface area contributed by atoms with Gasteiger partial charge >= 0.3 is 0 Å². The molecule has 168 valence electrons. The van der Waals surface area contributed by atoms with Gasteiger partial charge in [0.1, 0.15) is 5.78 Å². The van der Waals surface area contributed by atoms with E-state index in [1.165, 1.54) is 5.56 Å². The SMILES string of the molecule is CC(C)C[C@@H](C(=O)NNc1ccccc1)[C@H](CCCc1ccccc1)C(=O)C(C)(C)C. The molecule has 0 radical (unpaired) electrons. The van der Waals surface area contributed by atoms with E-state index >= 15 is 0 Å². The molecule has 0 aromatic heterocycles. The summed E-state index contributed by atoms with van der Waals surface area (Å²) in [5, 5.41) is 0. The van der Waals surface area contributed by atoms with Crippen LogP contribution in [0, 0.1) is 23.2 Å². The summed E-state index contributed by atoms with van der Waals surface area (Å²) in [4.78, 5) is 26.6. The summed E-state index contributed by atoms with van der Waals surface area (Å²) >= 11 is 0. The smallest absolute Gasteiger partial charge is 0.242 e. The van der Waals surface area contributed by atoms with Gasteiger partial charge in [0.15, 0.2) is 0 Å². The molecule has 2 atom stereocenters. The highest BCUT2D eigenvalue weighted by Gasteiger charge is 2.38. The van der Waals surface area contributed by atoms with Crippen LogP contribution >= 0.6 is 0 Å². The fourth-order valence-corrected chi connectivity index (χ4v) is 3.95. The number of nitrogens with one attached hydrogen (secondary N) is 2. The molecule has 0 heterocycles. The summed E-state index contributed by atoms with van der Waals surface area (Å²) in [6.07, 6.45) is 3.18. The third kappa shape index (κ3) is 8.20. The zero-order valence-electron chi connectivity index (χ0n) is 19.7. The van der Waals surface area contributed by atoms with Crippen molar-refractivity contribution < 1.29 is 9.59 Å². The van der Waals surface area contributed by atoms with Crippen LogP contribution in [-0.2, 0) is 16.0 Å². The zero-order valence-corrected chi connectivity index (χ0v) is 19.7. The summed E-state index contributed by atoms with van der Waals surface area (Å²) in [5.41, 5.74) is 7.46. The fourth-order valence-electron chi connectivity index (χ4n) is 3.95. The largest absolute Gasteiger partial charge is 0.299 e. The zero-order chi connectivity index (χ0) is 22.9. The van der Waals surface area contributed by atoms with Gasteiger partial charge in [-0.05, 0) is 49.3 Å². The summed E-state index contributed by atoms with van der Waals surface area (Å²) in [7, 11) is 0. The summed E-state index contributed by atoms with van der Waals surface area (Å²) in [6.45, 7) is 10.1. The number of para-hydroxylation sites is 1. The van der Waals surface area contributed by atoms with E-state index in [4.69, 9.17) is 0 Å². The van der Waals surface area contributed by atoms with Crippen LogP contribution in [0.3, 0.4) is 0 Å². The van der Waals surface area contributed by atoms with Crippen molar-refractivity contribution >= 4 is 17.4 Å². The number of benzene rings is 2. The lowest BCUT2D eigenvalue weighted by atomic mass is 9.72. The number of ketones is 1. The summed E-state index contributed by atoms with van der Waals surface area (Å²) in [5.74, 6) is -0.291. The molecule has 0 spiro atoms. The Hall–Kier alpha value is -2.62. The predicted octanol–water partition coefficient (Wildman–Crippen LogP) is 6.05. The van der Waals surface area contributed by atoms with Gasteiger partial charge < -0.3 is 0 Å². The Morgan fingerprint density at radius 2 is 1.45 bits per heavy atom. The van der Waals surface area contributed by atoms with E-state index in [1.807, 2.05) is 69.3 Å². The van der Waals surface area contributed by atoms with E-state index in [1.54, 1.807) is 0 Å². The molecular formula is C27H38N2O2. The maximum Gasteiger partial charge on any atom is 0.242 e. The van der Waals surface area contributed by atoms with Crippen molar-refractivity contribution in [3.63, 3.8) is 0 Å². The van der Waals surface area contributed by atoms with Gasteiger partial charge in [-0.15, -0.1) is 0 Å². The van der Waals surface area contributed by atoms with Crippen LogP contribution in [0.25, 0.3) is 0 Å². The normalized spacial score (nSPS) is 13.5. The van der Waals surface area contributed by atoms with E-state index in [0.29, 0.717) is 18.8 Å². The van der Waals surface area contributed by atoms with E-state index in [9.17, 15) is 9.59 Å². The van der Waals surface area contributed by atoms with Crippen LogP contribution < -0.4 is 10.9 Å². The molecule has 0 bridgehead atoms. The molecule has 4 heteroatoms. The number of hydrazine groups is 1. The topological polar surface area (TPSA) is 58.2 Å². The van der Waals surface area contributed by atoms with Crippen molar-refractivity contribution in [3.8, 4) is 0 Å². The van der Waals surface area contributed by atoms with Crippen molar-refractivity contribution in [3.05, 3.63) is 66.2 Å². The van der Waals surface area contributed by atoms with Crippen molar-refractivity contribution in [1.29, 1.82) is 0 Å². The Balaban J connectivity index is 2.16. The van der Waals surface area contributed by atoms with Gasteiger partial charge in [0.25, 0.3) is 0 Å². The molecule has 0 aliphatic heterocycles. The van der Waals surface area contributed by atoms with Crippen molar-refractivity contribution in [2.75, 3.05) is 5.43 Å². The van der Waals surface area contributed by atoms with Crippen LogP contribution in [0.4, 0.5) is 5.69 Å². The van der Waals surface area contributed by atoms with Crippen LogP contribution in [-0.4, -0.2) is 11.7 Å². The Kier molecular flexibility index (Phi) is 9.29. The number of rotatable bonds is 11. The second kappa shape index (κ2) is 11.7. The highest BCUT2D eigenvalue weighted by molar-refractivity contribution is 5.92. The first-order valence-corrected chi connectivity index (χ1v) is 11.4. The molecule has 31 heavy (non-hydrogen) atoms. The molecular weight excluding hydrogens is 384 g/mol. The second-order valence-electron chi connectivity index (χ2n) is 9.81. The minimum Gasteiger partial charge on any atom is -0.299 e. The molecule has 0 saturated carbocycles. The second-order valence-corrected chi connectivity index (χ2v) is 9.81. The first-order valence-electron chi connectivity index (χ1n) is 11.4. The molecule has 2 N–H and O–H groups in total. The Labute approximate surface area is 187 Å². The lowest BCUT2D eigenvalue weighted by molar-refractivity contribution is -0.138. The van der Waals surface area contributed by atoms with E-state index in [0.717, 1.165) is 18.5 Å². The van der Waals surface area contributed by atoms with Gasteiger partial charge in [0.2, 0.25) is 5.91 Å². The molecule has 0 unspecified atom stereocenters. The number of anilines is 1. The number of amides is 1. The molecule has 4 nitrogen and oxygen atoms in total. The average molecular weight is 423 g/mol. The number of hydrogen-bond donors (Lipinski definition) is 2. The Bertz CT molecular complexity index is 810. The lowest BCUT2D eigenvalue weighted by Crippen LogP contribution is -2.43. The third-order valence-electron chi connectivity index (χ3n) is 5.55. The molecule has 0 saturated heterocycles. The van der Waals surface area contributed by atoms with Gasteiger partial charge in [-0.1, -0.05) is 83.1 Å². The maximum atomic E-state index is 13.4. The fraction of sp³-hybridized carbons (Fsp3) is 0.481. The third-order valence-corrected chi connectivity index (χ3v) is 5.55. The van der Waals surface area contributed by atoms with Gasteiger partial charge in [-0.2, -0.15) is 0 Å². The Morgan fingerprint density at radius 3 is 2.00 bits per heavy atom. The lowest BCUT2D eigenvalue weighted by Gasteiger charge is -2.31. The van der Waals surface area contributed by atoms with Gasteiger partial charge in [-0.25, -0.2) is 0 Å². The van der Waals surface area contributed by atoms with Crippen molar-refractivity contribution in [1.82, 2.24) is 5.43 Å². The molecule has 2 aromatic rings. The predicted molar refractivity (Wildman–Crippen MR) is 128 cm³/mol. The molecule has 0 aliphatic rings. The van der Waals surface area contributed by atoms with E-state index in [2.05, 4.69) is 36.8 Å². The molecule has 2 rings (SSSR count). The van der Waals surface area contributed by atoms with Gasteiger partial charge in [-0.3, -0.25) is 20.4 Å². The molecule has 0 aliphatic carbocycles. The monoisotopic (exact) mass is 422 g/mol. The number of aryl methyl sites for hydroxylation is 1. The Morgan fingerprint density at radius 1 is 0.871 bits per heavy atom. The molecule has 2 aromatic carbocycles. The first-order chi connectivity index (χ1) is 14.7.